The van der Waals surface area contributed by atoms with Crippen molar-refractivity contribution >= 4 is 11.5 Å². The fourth-order valence-electron chi connectivity index (χ4n) is 2.02. The van der Waals surface area contributed by atoms with Crippen LogP contribution in [0.1, 0.15) is 25.5 Å². The van der Waals surface area contributed by atoms with Gasteiger partial charge in [-0.25, -0.2) is 0 Å². The first-order chi connectivity index (χ1) is 7.40. The zero-order valence-corrected chi connectivity index (χ0v) is 9.80. The Labute approximate surface area is 94.2 Å². The molecule has 1 aromatic rings. The van der Waals surface area contributed by atoms with E-state index in [1.807, 2.05) is 5.38 Å². The first kappa shape index (κ1) is 11.0. The summed E-state index contributed by atoms with van der Waals surface area (Å²) in [5.41, 5.74) is 1.03. The Morgan fingerprint density at radius 1 is 1.67 bits per heavy atom. The van der Waals surface area contributed by atoms with Gasteiger partial charge in [0.25, 0.3) is 0 Å². The molecule has 15 heavy (non-hydrogen) atoms. The van der Waals surface area contributed by atoms with Crippen LogP contribution in [0.3, 0.4) is 0 Å². The molecule has 0 aliphatic carbocycles. The van der Waals surface area contributed by atoms with Crippen LogP contribution in [0.2, 0.25) is 0 Å². The highest BCUT2D eigenvalue weighted by atomic mass is 32.1. The number of nitrogens with one attached hydrogen (secondary N) is 1. The molecule has 0 saturated carbocycles. The first-order valence-corrected chi connectivity index (χ1v) is 6.32. The second-order valence-corrected chi connectivity index (χ2v) is 4.50. The van der Waals surface area contributed by atoms with Crippen molar-refractivity contribution in [2.75, 3.05) is 13.2 Å². The average Bonchev–Trinajstić information content (AvgIpc) is 2.88. The van der Waals surface area contributed by atoms with Crippen molar-refractivity contribution in [1.82, 2.24) is 14.9 Å². The van der Waals surface area contributed by atoms with Crippen LogP contribution in [0.15, 0.2) is 5.38 Å². The SMILES string of the molecule is CCC1OCCC1CNCc1csnn1. The van der Waals surface area contributed by atoms with E-state index in [4.69, 9.17) is 4.74 Å². The zero-order chi connectivity index (χ0) is 10.5. The highest BCUT2D eigenvalue weighted by Crippen LogP contribution is 2.22. The third kappa shape index (κ3) is 2.96. The van der Waals surface area contributed by atoms with Crippen molar-refractivity contribution in [3.63, 3.8) is 0 Å². The van der Waals surface area contributed by atoms with Gasteiger partial charge in [-0.05, 0) is 30.3 Å². The minimum Gasteiger partial charge on any atom is -0.378 e. The molecule has 1 aromatic heterocycles. The summed E-state index contributed by atoms with van der Waals surface area (Å²) < 4.78 is 9.47. The fraction of sp³-hybridized carbons (Fsp3) is 0.800. The standard InChI is InChI=1S/C10H17N3OS/c1-2-10-8(3-4-14-10)5-11-6-9-7-15-13-12-9/h7-8,10-11H,2-6H2,1H3. The topological polar surface area (TPSA) is 47.0 Å². The van der Waals surface area contributed by atoms with Crippen molar-refractivity contribution in [3.8, 4) is 0 Å². The number of hydrogen-bond donors (Lipinski definition) is 1. The quantitative estimate of drug-likeness (QED) is 0.827. The Kier molecular flexibility index (Phi) is 4.05. The molecule has 5 heteroatoms. The maximum absolute atomic E-state index is 5.64. The Morgan fingerprint density at radius 3 is 3.33 bits per heavy atom. The third-order valence-electron chi connectivity index (χ3n) is 2.87. The van der Waals surface area contributed by atoms with Gasteiger partial charge in [0.05, 0.1) is 11.8 Å². The summed E-state index contributed by atoms with van der Waals surface area (Å²) in [5, 5.41) is 9.39. The predicted molar refractivity (Wildman–Crippen MR) is 59.8 cm³/mol. The smallest absolute Gasteiger partial charge is 0.0893 e. The van der Waals surface area contributed by atoms with Crippen LogP contribution in [0, 0.1) is 5.92 Å². The van der Waals surface area contributed by atoms with Crippen LogP contribution in [-0.4, -0.2) is 28.8 Å². The number of nitrogens with zero attached hydrogens (tertiary/aromatic N) is 2. The second kappa shape index (κ2) is 5.53. The number of aromatic nitrogens is 2. The minimum absolute atomic E-state index is 0.450. The molecule has 2 unspecified atom stereocenters. The lowest BCUT2D eigenvalue weighted by molar-refractivity contribution is 0.0872. The lowest BCUT2D eigenvalue weighted by Crippen LogP contribution is -2.28. The molecule has 1 N–H and O–H groups in total. The zero-order valence-electron chi connectivity index (χ0n) is 8.98. The van der Waals surface area contributed by atoms with Gasteiger partial charge in [0, 0.05) is 25.1 Å². The van der Waals surface area contributed by atoms with Crippen molar-refractivity contribution in [3.05, 3.63) is 11.1 Å². The van der Waals surface area contributed by atoms with E-state index in [1.54, 1.807) is 0 Å². The van der Waals surface area contributed by atoms with E-state index in [-0.39, 0.29) is 0 Å². The minimum atomic E-state index is 0.450. The molecule has 4 nitrogen and oxygen atoms in total. The lowest BCUT2D eigenvalue weighted by atomic mass is 10.00. The summed E-state index contributed by atoms with van der Waals surface area (Å²) in [6, 6.07) is 0. The molecular formula is C10H17N3OS. The average molecular weight is 227 g/mol. The summed E-state index contributed by atoms with van der Waals surface area (Å²) in [6.07, 6.45) is 2.75. The number of ether oxygens (including phenoxy) is 1. The van der Waals surface area contributed by atoms with Crippen molar-refractivity contribution < 1.29 is 4.74 Å². The van der Waals surface area contributed by atoms with E-state index < -0.39 is 0 Å². The van der Waals surface area contributed by atoms with Gasteiger partial charge in [-0.1, -0.05) is 11.4 Å². The van der Waals surface area contributed by atoms with Crippen LogP contribution in [0.25, 0.3) is 0 Å². The van der Waals surface area contributed by atoms with Crippen molar-refractivity contribution in [2.45, 2.75) is 32.4 Å². The van der Waals surface area contributed by atoms with Crippen LogP contribution in [0.5, 0.6) is 0 Å². The van der Waals surface area contributed by atoms with E-state index >= 15 is 0 Å². The maximum Gasteiger partial charge on any atom is 0.0893 e. The molecule has 0 bridgehead atoms. The number of hydrogen-bond acceptors (Lipinski definition) is 5. The van der Waals surface area contributed by atoms with E-state index in [0.29, 0.717) is 12.0 Å². The van der Waals surface area contributed by atoms with Gasteiger partial charge in [0.15, 0.2) is 0 Å². The molecule has 0 radical (unpaired) electrons. The van der Waals surface area contributed by atoms with E-state index in [9.17, 15) is 0 Å². The molecule has 1 aliphatic heterocycles. The highest BCUT2D eigenvalue weighted by molar-refractivity contribution is 7.03. The largest absolute Gasteiger partial charge is 0.378 e. The molecular weight excluding hydrogens is 210 g/mol. The Bertz CT molecular complexity index is 278. The lowest BCUT2D eigenvalue weighted by Gasteiger charge is -2.16. The van der Waals surface area contributed by atoms with Crippen molar-refractivity contribution in [2.24, 2.45) is 5.92 Å². The van der Waals surface area contributed by atoms with Crippen LogP contribution in [-0.2, 0) is 11.3 Å². The molecule has 1 fully saturated rings. The van der Waals surface area contributed by atoms with Gasteiger partial charge in [0.1, 0.15) is 0 Å². The fourth-order valence-corrected chi connectivity index (χ4v) is 2.48. The molecule has 0 amide bonds. The predicted octanol–water partition coefficient (Wildman–Crippen LogP) is 1.44. The summed E-state index contributed by atoms with van der Waals surface area (Å²) in [7, 11) is 0. The molecule has 2 heterocycles. The molecule has 1 saturated heterocycles. The van der Waals surface area contributed by atoms with Gasteiger partial charge < -0.3 is 10.1 Å². The van der Waals surface area contributed by atoms with Crippen LogP contribution >= 0.6 is 11.5 Å². The number of rotatable bonds is 5. The van der Waals surface area contributed by atoms with Gasteiger partial charge in [-0.15, -0.1) is 5.10 Å². The molecule has 1 aliphatic rings. The van der Waals surface area contributed by atoms with Crippen LogP contribution in [0.4, 0.5) is 0 Å². The second-order valence-electron chi connectivity index (χ2n) is 3.89. The third-order valence-corrected chi connectivity index (χ3v) is 3.42. The Morgan fingerprint density at radius 2 is 2.60 bits per heavy atom. The molecule has 0 spiro atoms. The van der Waals surface area contributed by atoms with Gasteiger partial charge in [0.2, 0.25) is 0 Å². The van der Waals surface area contributed by atoms with E-state index in [2.05, 4.69) is 21.8 Å². The van der Waals surface area contributed by atoms with Crippen LogP contribution < -0.4 is 5.32 Å². The normalized spacial score (nSPS) is 25.9. The van der Waals surface area contributed by atoms with Crippen molar-refractivity contribution in [1.29, 1.82) is 0 Å². The molecule has 0 aromatic carbocycles. The van der Waals surface area contributed by atoms with Gasteiger partial charge in [-0.2, -0.15) is 0 Å². The summed E-state index contributed by atoms with van der Waals surface area (Å²) in [4.78, 5) is 0. The van der Waals surface area contributed by atoms with E-state index in [0.717, 1.165) is 31.8 Å². The molecule has 2 atom stereocenters. The van der Waals surface area contributed by atoms with Gasteiger partial charge >= 0.3 is 0 Å². The monoisotopic (exact) mass is 227 g/mol. The summed E-state index contributed by atoms with van der Waals surface area (Å²) >= 11 is 1.40. The maximum atomic E-state index is 5.64. The van der Waals surface area contributed by atoms with Gasteiger partial charge in [-0.3, -0.25) is 0 Å². The summed E-state index contributed by atoms with van der Waals surface area (Å²) in [5.74, 6) is 0.668. The molecule has 84 valence electrons. The Balaban J connectivity index is 1.69. The summed E-state index contributed by atoms with van der Waals surface area (Å²) in [6.45, 7) is 4.95. The Hall–Kier alpha value is -0.520. The highest BCUT2D eigenvalue weighted by Gasteiger charge is 2.25. The molecule has 2 rings (SSSR count). The first-order valence-electron chi connectivity index (χ1n) is 5.48. The van der Waals surface area contributed by atoms with E-state index in [1.165, 1.54) is 18.0 Å².